The molecule has 1 aromatic heterocycles. The number of amides is 2. The number of benzene rings is 2. The van der Waals surface area contributed by atoms with Gasteiger partial charge < -0.3 is 15.0 Å². The number of nitrogens with one attached hydrogen (secondary N) is 2. The van der Waals surface area contributed by atoms with Crippen molar-refractivity contribution in [3.05, 3.63) is 59.2 Å². The van der Waals surface area contributed by atoms with Gasteiger partial charge in [-0.15, -0.1) is 5.10 Å². The molecule has 0 aliphatic carbocycles. The van der Waals surface area contributed by atoms with Crippen molar-refractivity contribution in [3.8, 4) is 0 Å². The summed E-state index contributed by atoms with van der Waals surface area (Å²) in [5.41, 5.74) is 1.27. The number of carbonyl (C=O) groups excluding carboxylic acids is 2. The van der Waals surface area contributed by atoms with Crippen LogP contribution in [0.3, 0.4) is 0 Å². The van der Waals surface area contributed by atoms with Gasteiger partial charge in [-0.3, -0.25) is 9.89 Å². The lowest BCUT2D eigenvalue weighted by molar-refractivity contribution is -0.137. The number of halogens is 3. The molecular weight excluding hydrogens is 427 g/mol. The quantitative estimate of drug-likeness (QED) is 0.638. The van der Waals surface area contributed by atoms with Gasteiger partial charge in [0.05, 0.1) is 11.1 Å². The minimum absolute atomic E-state index is 0.108. The zero-order valence-electron chi connectivity index (χ0n) is 16.9. The van der Waals surface area contributed by atoms with Gasteiger partial charge >= 0.3 is 12.3 Å². The highest BCUT2D eigenvalue weighted by molar-refractivity contribution is 5.97. The minimum atomic E-state index is -4.45. The van der Waals surface area contributed by atoms with E-state index < -0.39 is 17.8 Å². The molecule has 1 aliphatic heterocycles. The Balaban J connectivity index is 1.25. The van der Waals surface area contributed by atoms with Crippen molar-refractivity contribution in [2.24, 2.45) is 0 Å². The van der Waals surface area contributed by atoms with Crippen molar-refractivity contribution in [1.29, 1.82) is 0 Å². The lowest BCUT2D eigenvalue weighted by Gasteiger charge is -2.31. The maximum absolute atomic E-state index is 12.8. The van der Waals surface area contributed by atoms with Crippen LogP contribution in [-0.4, -0.2) is 51.4 Å². The summed E-state index contributed by atoms with van der Waals surface area (Å²) in [7, 11) is 0. The van der Waals surface area contributed by atoms with Gasteiger partial charge in [0.1, 0.15) is 12.1 Å². The van der Waals surface area contributed by atoms with Gasteiger partial charge in [-0.1, -0.05) is 17.3 Å². The summed E-state index contributed by atoms with van der Waals surface area (Å²) in [6.45, 7) is 0.493. The highest BCUT2D eigenvalue weighted by Gasteiger charge is 2.30. The number of nitrogens with zero attached hydrogens (tertiary/aromatic N) is 3. The number of carbonyl (C=O) groups is 2. The number of hydrogen-bond acceptors (Lipinski definition) is 5. The lowest BCUT2D eigenvalue weighted by atomic mass is 10.0. The van der Waals surface area contributed by atoms with E-state index in [2.05, 4.69) is 20.7 Å². The molecule has 32 heavy (non-hydrogen) atoms. The molecule has 3 aromatic rings. The predicted molar refractivity (Wildman–Crippen MR) is 108 cm³/mol. The monoisotopic (exact) mass is 447 g/mol. The van der Waals surface area contributed by atoms with E-state index >= 15 is 0 Å². The molecule has 4 rings (SSSR count). The van der Waals surface area contributed by atoms with Gasteiger partial charge in [0.15, 0.2) is 0 Å². The average Bonchev–Trinajstić information content (AvgIpc) is 3.25. The summed E-state index contributed by atoms with van der Waals surface area (Å²) in [4.78, 5) is 26.3. The summed E-state index contributed by atoms with van der Waals surface area (Å²) >= 11 is 0. The van der Waals surface area contributed by atoms with E-state index in [1.165, 1.54) is 17.0 Å². The van der Waals surface area contributed by atoms with Crippen LogP contribution in [0.25, 0.3) is 11.0 Å². The second kappa shape index (κ2) is 8.85. The van der Waals surface area contributed by atoms with E-state index in [1.54, 1.807) is 18.2 Å². The smallest absolute Gasteiger partial charge is 0.416 e. The number of ether oxygens (including phenoxy) is 1. The third kappa shape index (κ3) is 4.98. The molecule has 0 unspecified atom stereocenters. The average molecular weight is 447 g/mol. The number of aromatic amines is 1. The first kappa shape index (κ1) is 21.6. The number of alkyl halides is 3. The van der Waals surface area contributed by atoms with Crippen LogP contribution in [0.2, 0.25) is 0 Å². The summed E-state index contributed by atoms with van der Waals surface area (Å²) < 4.78 is 43.6. The number of fused-ring (bicyclic) bond motifs is 1. The van der Waals surface area contributed by atoms with Gasteiger partial charge in [0.2, 0.25) is 0 Å². The lowest BCUT2D eigenvalue weighted by Crippen LogP contribution is -2.46. The number of likely N-dealkylation sites (tertiary alicyclic amines) is 1. The molecule has 1 aliphatic rings. The third-order valence-corrected chi connectivity index (χ3v) is 5.29. The van der Waals surface area contributed by atoms with Gasteiger partial charge in [-0.25, -0.2) is 4.79 Å². The highest BCUT2D eigenvalue weighted by Crippen LogP contribution is 2.29. The standard InChI is InChI=1S/C21H20F3N5O3/c22-21(23,24)15-3-1-2-13(10-15)12-32-20(31)29-8-6-16(7-9-29)25-19(30)14-4-5-17-18(11-14)27-28-26-17/h1-5,10-11,16H,6-9,12H2,(H,25,30)(H,26,27,28). The van der Waals surface area contributed by atoms with E-state index in [1.807, 2.05) is 0 Å². The van der Waals surface area contributed by atoms with E-state index in [4.69, 9.17) is 4.74 Å². The van der Waals surface area contributed by atoms with Crippen molar-refractivity contribution in [2.45, 2.75) is 31.7 Å². The first-order valence-corrected chi connectivity index (χ1v) is 9.99. The Kier molecular flexibility index (Phi) is 5.97. The van der Waals surface area contributed by atoms with Crippen LogP contribution in [0.1, 0.15) is 34.3 Å². The fourth-order valence-corrected chi connectivity index (χ4v) is 3.53. The molecule has 2 heterocycles. The minimum Gasteiger partial charge on any atom is -0.445 e. The second-order valence-electron chi connectivity index (χ2n) is 7.53. The first-order chi connectivity index (χ1) is 15.3. The Morgan fingerprint density at radius 1 is 1.16 bits per heavy atom. The SMILES string of the molecule is O=C(NC1CCN(C(=O)OCc2cccc(C(F)(F)F)c2)CC1)c1ccc2[nH]nnc2c1. The largest absolute Gasteiger partial charge is 0.445 e. The van der Waals surface area contributed by atoms with Crippen molar-refractivity contribution >= 4 is 23.0 Å². The summed E-state index contributed by atoms with van der Waals surface area (Å²) in [5.74, 6) is -0.236. The van der Waals surface area contributed by atoms with Gasteiger partial charge in [-0.05, 0) is 48.7 Å². The third-order valence-electron chi connectivity index (χ3n) is 5.29. The maximum atomic E-state index is 12.8. The summed E-state index contributed by atoms with van der Waals surface area (Å²) in [6, 6.07) is 9.63. The van der Waals surface area contributed by atoms with Gasteiger partial charge in [0, 0.05) is 24.7 Å². The fraction of sp³-hybridized carbons (Fsp3) is 0.333. The van der Waals surface area contributed by atoms with Gasteiger partial charge in [-0.2, -0.15) is 13.2 Å². The van der Waals surface area contributed by atoms with Crippen molar-refractivity contribution in [1.82, 2.24) is 25.6 Å². The molecular formula is C21H20F3N5O3. The molecule has 8 nitrogen and oxygen atoms in total. The molecule has 2 aromatic carbocycles. The molecule has 0 spiro atoms. The summed E-state index contributed by atoms with van der Waals surface area (Å²) in [6.07, 6.45) is -3.97. The van der Waals surface area contributed by atoms with Crippen LogP contribution >= 0.6 is 0 Å². The molecule has 2 N–H and O–H groups in total. The Morgan fingerprint density at radius 3 is 2.69 bits per heavy atom. The Morgan fingerprint density at radius 2 is 1.94 bits per heavy atom. The van der Waals surface area contributed by atoms with Crippen LogP contribution in [0, 0.1) is 0 Å². The van der Waals surface area contributed by atoms with E-state index in [-0.39, 0.29) is 24.1 Å². The Labute approximate surface area is 180 Å². The van der Waals surface area contributed by atoms with E-state index in [0.29, 0.717) is 37.0 Å². The van der Waals surface area contributed by atoms with E-state index in [0.717, 1.165) is 17.6 Å². The number of aromatic nitrogens is 3. The first-order valence-electron chi connectivity index (χ1n) is 9.99. The van der Waals surface area contributed by atoms with E-state index in [9.17, 15) is 22.8 Å². The molecule has 2 amide bonds. The topological polar surface area (TPSA) is 100 Å². The molecule has 11 heteroatoms. The number of H-pyrrole nitrogens is 1. The van der Waals surface area contributed by atoms with Crippen LogP contribution in [0.15, 0.2) is 42.5 Å². The van der Waals surface area contributed by atoms with Crippen LogP contribution in [0.5, 0.6) is 0 Å². The molecule has 0 bridgehead atoms. The number of piperidine rings is 1. The maximum Gasteiger partial charge on any atom is 0.416 e. The van der Waals surface area contributed by atoms with Crippen molar-refractivity contribution < 1.29 is 27.5 Å². The number of rotatable bonds is 4. The highest BCUT2D eigenvalue weighted by atomic mass is 19.4. The molecule has 1 fully saturated rings. The zero-order chi connectivity index (χ0) is 22.7. The Bertz CT molecular complexity index is 1120. The van der Waals surface area contributed by atoms with Crippen LogP contribution < -0.4 is 5.32 Å². The predicted octanol–water partition coefficient (Wildman–Crippen LogP) is 3.51. The van der Waals surface area contributed by atoms with Crippen LogP contribution in [-0.2, 0) is 17.5 Å². The molecule has 0 radical (unpaired) electrons. The second-order valence-corrected chi connectivity index (χ2v) is 7.53. The normalized spacial score (nSPS) is 15.0. The summed E-state index contributed by atoms with van der Waals surface area (Å²) in [5, 5.41) is 13.2. The number of hydrogen-bond donors (Lipinski definition) is 2. The van der Waals surface area contributed by atoms with Crippen molar-refractivity contribution in [3.63, 3.8) is 0 Å². The molecule has 168 valence electrons. The zero-order valence-corrected chi connectivity index (χ0v) is 16.9. The molecule has 0 atom stereocenters. The molecule has 0 saturated carbocycles. The Hall–Kier alpha value is -3.63. The van der Waals surface area contributed by atoms with Crippen molar-refractivity contribution in [2.75, 3.05) is 13.1 Å². The van der Waals surface area contributed by atoms with Crippen LogP contribution in [0.4, 0.5) is 18.0 Å². The van der Waals surface area contributed by atoms with Gasteiger partial charge in [0.25, 0.3) is 5.91 Å². The molecule has 1 saturated heterocycles. The fourth-order valence-electron chi connectivity index (χ4n) is 3.53.